The largest absolute Gasteiger partial charge is 0.497 e. The minimum absolute atomic E-state index is 0.190. The van der Waals surface area contributed by atoms with Gasteiger partial charge in [-0.05, 0) is 36.4 Å². The molecule has 0 unspecified atom stereocenters. The van der Waals surface area contributed by atoms with E-state index in [9.17, 15) is 14.0 Å². The van der Waals surface area contributed by atoms with Crippen molar-refractivity contribution in [1.29, 1.82) is 0 Å². The van der Waals surface area contributed by atoms with Crippen molar-refractivity contribution < 1.29 is 23.5 Å². The third kappa shape index (κ3) is 4.29. The Balaban J connectivity index is 2.04. The highest BCUT2D eigenvalue weighted by atomic mass is 19.1. The highest BCUT2D eigenvalue weighted by Gasteiger charge is 2.12. The van der Waals surface area contributed by atoms with Crippen LogP contribution in [0, 0.1) is 5.82 Å². The normalized spacial score (nSPS) is 10.0. The van der Waals surface area contributed by atoms with Crippen molar-refractivity contribution in [1.82, 2.24) is 5.32 Å². The average Bonchev–Trinajstić information content (AvgIpc) is 2.59. The molecule has 0 aliphatic carbocycles. The first-order valence-electron chi connectivity index (χ1n) is 6.83. The summed E-state index contributed by atoms with van der Waals surface area (Å²) in [6.07, 6.45) is 0. The maximum absolute atomic E-state index is 12.8. The van der Waals surface area contributed by atoms with Crippen LogP contribution in [0.25, 0.3) is 0 Å². The maximum Gasteiger partial charge on any atom is 0.251 e. The number of benzene rings is 2. The molecule has 2 rings (SSSR count). The summed E-state index contributed by atoms with van der Waals surface area (Å²) in [4.78, 5) is 24.1. The van der Waals surface area contributed by atoms with Crippen molar-refractivity contribution in [2.45, 2.75) is 0 Å². The minimum atomic E-state index is -0.433. The molecule has 120 valence electrons. The van der Waals surface area contributed by atoms with Gasteiger partial charge in [0.05, 0.1) is 20.8 Å². The van der Waals surface area contributed by atoms with Gasteiger partial charge >= 0.3 is 0 Å². The van der Waals surface area contributed by atoms with Gasteiger partial charge in [-0.25, -0.2) is 4.39 Å². The number of Topliss-reactive ketones (excluding diaryl/α,β-unsaturated/α-hetero) is 1. The molecule has 6 heteroatoms. The number of amides is 1. The number of carbonyl (C=O) groups is 2. The van der Waals surface area contributed by atoms with Crippen LogP contribution in [-0.2, 0) is 0 Å². The molecule has 2 aromatic rings. The molecule has 0 saturated carbocycles. The summed E-state index contributed by atoms with van der Waals surface area (Å²) in [5.41, 5.74) is 0.642. The van der Waals surface area contributed by atoms with Gasteiger partial charge in [-0.15, -0.1) is 0 Å². The summed E-state index contributed by atoms with van der Waals surface area (Å²) < 4.78 is 23.0. The maximum atomic E-state index is 12.8. The van der Waals surface area contributed by atoms with E-state index in [0.29, 0.717) is 22.6 Å². The molecule has 0 atom stereocenters. The van der Waals surface area contributed by atoms with E-state index in [2.05, 4.69) is 5.32 Å². The number of ether oxygens (including phenoxy) is 2. The van der Waals surface area contributed by atoms with Gasteiger partial charge in [-0.2, -0.15) is 0 Å². The molecule has 0 bridgehead atoms. The lowest BCUT2D eigenvalue weighted by Gasteiger charge is -2.09. The molecule has 0 fully saturated rings. The first kappa shape index (κ1) is 16.5. The van der Waals surface area contributed by atoms with Crippen LogP contribution in [-0.4, -0.2) is 32.5 Å². The van der Waals surface area contributed by atoms with Crippen molar-refractivity contribution >= 4 is 11.7 Å². The van der Waals surface area contributed by atoms with Crippen LogP contribution < -0.4 is 14.8 Å². The Morgan fingerprint density at radius 3 is 2.04 bits per heavy atom. The molecule has 0 aliphatic rings. The Morgan fingerprint density at radius 1 is 0.957 bits per heavy atom. The molecular formula is C17H16FNO4. The summed E-state index contributed by atoms with van der Waals surface area (Å²) in [6, 6.07) is 9.86. The lowest BCUT2D eigenvalue weighted by atomic mass is 10.1. The number of ketones is 1. The van der Waals surface area contributed by atoms with Gasteiger partial charge in [0, 0.05) is 17.2 Å². The van der Waals surface area contributed by atoms with Crippen molar-refractivity contribution in [3.8, 4) is 11.5 Å². The molecule has 0 aliphatic heterocycles. The number of methoxy groups -OCH3 is 2. The number of hydrogen-bond acceptors (Lipinski definition) is 4. The zero-order valence-electron chi connectivity index (χ0n) is 12.8. The predicted molar refractivity (Wildman–Crippen MR) is 82.6 cm³/mol. The Morgan fingerprint density at radius 2 is 1.52 bits per heavy atom. The Labute approximate surface area is 133 Å². The van der Waals surface area contributed by atoms with Crippen LogP contribution in [0.5, 0.6) is 11.5 Å². The van der Waals surface area contributed by atoms with E-state index in [4.69, 9.17) is 9.47 Å². The molecule has 0 heterocycles. The molecule has 0 spiro atoms. The SMILES string of the molecule is COc1cc(OC)cc(C(=O)NCC(=O)c2ccc(F)cc2)c1. The van der Waals surface area contributed by atoms with E-state index in [1.165, 1.54) is 38.5 Å². The Bertz CT molecular complexity index is 691. The molecule has 0 aromatic heterocycles. The summed E-state index contributed by atoms with van der Waals surface area (Å²) >= 11 is 0. The van der Waals surface area contributed by atoms with Gasteiger partial charge in [0.15, 0.2) is 5.78 Å². The lowest BCUT2D eigenvalue weighted by Crippen LogP contribution is -2.29. The highest BCUT2D eigenvalue weighted by Crippen LogP contribution is 2.22. The fourth-order valence-electron chi connectivity index (χ4n) is 1.94. The summed E-state index contributed by atoms with van der Waals surface area (Å²) in [5.74, 6) is -0.223. The molecule has 0 saturated heterocycles. The number of halogens is 1. The zero-order valence-corrected chi connectivity index (χ0v) is 12.8. The van der Waals surface area contributed by atoms with E-state index in [0.717, 1.165) is 0 Å². The van der Waals surface area contributed by atoms with Crippen molar-refractivity contribution in [3.05, 3.63) is 59.4 Å². The number of rotatable bonds is 6. The van der Waals surface area contributed by atoms with E-state index in [-0.39, 0.29) is 12.3 Å². The first-order valence-corrected chi connectivity index (χ1v) is 6.83. The van der Waals surface area contributed by atoms with E-state index in [1.807, 2.05) is 0 Å². The topological polar surface area (TPSA) is 64.6 Å². The second-order valence-corrected chi connectivity index (χ2v) is 4.71. The molecule has 2 aromatic carbocycles. The molecule has 5 nitrogen and oxygen atoms in total. The highest BCUT2D eigenvalue weighted by molar-refractivity contribution is 6.02. The minimum Gasteiger partial charge on any atom is -0.497 e. The standard InChI is InChI=1S/C17H16FNO4/c1-22-14-7-12(8-15(9-14)23-2)17(21)19-10-16(20)11-3-5-13(18)6-4-11/h3-9H,10H2,1-2H3,(H,19,21). The second-order valence-electron chi connectivity index (χ2n) is 4.71. The Kier molecular flexibility index (Phi) is 5.30. The van der Waals surface area contributed by atoms with Gasteiger partial charge < -0.3 is 14.8 Å². The third-order valence-electron chi connectivity index (χ3n) is 3.19. The van der Waals surface area contributed by atoms with Gasteiger partial charge in [0.25, 0.3) is 5.91 Å². The number of carbonyl (C=O) groups excluding carboxylic acids is 2. The van der Waals surface area contributed by atoms with Crippen LogP contribution in [0.1, 0.15) is 20.7 Å². The average molecular weight is 317 g/mol. The van der Waals surface area contributed by atoms with Crippen LogP contribution in [0.3, 0.4) is 0 Å². The van der Waals surface area contributed by atoms with E-state index in [1.54, 1.807) is 18.2 Å². The van der Waals surface area contributed by atoms with Gasteiger partial charge in [-0.3, -0.25) is 9.59 Å². The fourth-order valence-corrected chi connectivity index (χ4v) is 1.94. The van der Waals surface area contributed by atoms with Crippen LogP contribution >= 0.6 is 0 Å². The van der Waals surface area contributed by atoms with Crippen LogP contribution in [0.2, 0.25) is 0 Å². The molecule has 1 amide bonds. The smallest absolute Gasteiger partial charge is 0.251 e. The van der Waals surface area contributed by atoms with Crippen molar-refractivity contribution in [2.75, 3.05) is 20.8 Å². The fraction of sp³-hybridized carbons (Fsp3) is 0.176. The number of hydrogen-bond donors (Lipinski definition) is 1. The molecule has 1 N–H and O–H groups in total. The van der Waals surface area contributed by atoms with E-state index >= 15 is 0 Å². The Hall–Kier alpha value is -2.89. The quantitative estimate of drug-likeness (QED) is 0.831. The molecular weight excluding hydrogens is 301 g/mol. The number of nitrogens with one attached hydrogen (secondary N) is 1. The first-order chi connectivity index (χ1) is 11.0. The van der Waals surface area contributed by atoms with Gasteiger partial charge in [-0.1, -0.05) is 0 Å². The van der Waals surface area contributed by atoms with Crippen molar-refractivity contribution in [3.63, 3.8) is 0 Å². The predicted octanol–water partition coefficient (Wildman–Crippen LogP) is 2.46. The summed E-state index contributed by atoms with van der Waals surface area (Å²) in [5, 5.41) is 2.52. The molecule has 0 radical (unpaired) electrons. The van der Waals surface area contributed by atoms with Gasteiger partial charge in [0.1, 0.15) is 17.3 Å². The summed E-state index contributed by atoms with van der Waals surface area (Å²) in [6.45, 7) is -0.190. The lowest BCUT2D eigenvalue weighted by molar-refractivity contribution is 0.0903. The summed E-state index contributed by atoms with van der Waals surface area (Å²) in [7, 11) is 2.96. The monoisotopic (exact) mass is 317 g/mol. The van der Waals surface area contributed by atoms with E-state index < -0.39 is 11.7 Å². The molecule has 23 heavy (non-hydrogen) atoms. The van der Waals surface area contributed by atoms with Crippen molar-refractivity contribution in [2.24, 2.45) is 0 Å². The van der Waals surface area contributed by atoms with Crippen LogP contribution in [0.15, 0.2) is 42.5 Å². The second kappa shape index (κ2) is 7.40. The zero-order chi connectivity index (χ0) is 16.8. The third-order valence-corrected chi connectivity index (χ3v) is 3.19. The van der Waals surface area contributed by atoms with Crippen LogP contribution in [0.4, 0.5) is 4.39 Å². The van der Waals surface area contributed by atoms with Gasteiger partial charge in [0.2, 0.25) is 0 Å².